The molecule has 8 heteroatoms. The zero-order chi connectivity index (χ0) is 24.2. The van der Waals surface area contributed by atoms with Gasteiger partial charge in [0.15, 0.2) is 17.3 Å². The lowest BCUT2D eigenvalue weighted by molar-refractivity contribution is 0.0952. The van der Waals surface area contributed by atoms with Gasteiger partial charge in [-0.3, -0.25) is 19.0 Å². The van der Waals surface area contributed by atoms with Crippen molar-refractivity contribution in [2.45, 2.75) is 25.7 Å². The molecular formula is C26H25ClN2O5. The van der Waals surface area contributed by atoms with Crippen molar-refractivity contribution in [3.05, 3.63) is 86.3 Å². The van der Waals surface area contributed by atoms with E-state index in [1.54, 1.807) is 44.6 Å². The van der Waals surface area contributed by atoms with E-state index >= 15 is 0 Å². The third-order valence-electron chi connectivity index (χ3n) is 5.90. The highest BCUT2D eigenvalue weighted by molar-refractivity contribution is 6.30. The molecule has 0 saturated heterocycles. The lowest BCUT2D eigenvalue weighted by Crippen LogP contribution is -2.36. The van der Waals surface area contributed by atoms with Crippen LogP contribution in [-0.4, -0.2) is 37.0 Å². The zero-order valence-electron chi connectivity index (χ0n) is 19.0. The van der Waals surface area contributed by atoms with Gasteiger partial charge in [0, 0.05) is 34.9 Å². The van der Waals surface area contributed by atoms with Gasteiger partial charge in [-0.15, -0.1) is 0 Å². The topological polar surface area (TPSA) is 86.6 Å². The number of halogens is 1. The van der Waals surface area contributed by atoms with E-state index < -0.39 is 11.5 Å². The van der Waals surface area contributed by atoms with Gasteiger partial charge < -0.3 is 14.8 Å². The van der Waals surface area contributed by atoms with Crippen molar-refractivity contribution in [1.29, 1.82) is 0 Å². The summed E-state index contributed by atoms with van der Waals surface area (Å²) in [5, 5.41) is 3.34. The number of methoxy groups -OCH3 is 2. The Morgan fingerprint density at radius 1 is 1.00 bits per heavy atom. The lowest BCUT2D eigenvalue weighted by atomic mass is 9.92. The Bertz CT molecular complexity index is 1300. The molecule has 0 unspecified atom stereocenters. The zero-order valence-corrected chi connectivity index (χ0v) is 19.8. The molecule has 0 bridgehead atoms. The molecule has 1 N–H and O–H groups in total. The first-order chi connectivity index (χ1) is 16.4. The van der Waals surface area contributed by atoms with Crippen molar-refractivity contribution in [3.63, 3.8) is 0 Å². The number of ketones is 1. The summed E-state index contributed by atoms with van der Waals surface area (Å²) in [7, 11) is 3.13. The van der Waals surface area contributed by atoms with Crippen LogP contribution in [0.4, 0.5) is 0 Å². The van der Waals surface area contributed by atoms with Crippen LogP contribution in [0.2, 0.25) is 5.02 Å². The lowest BCUT2D eigenvalue weighted by Gasteiger charge is -2.21. The highest BCUT2D eigenvalue weighted by atomic mass is 35.5. The van der Waals surface area contributed by atoms with E-state index in [0.29, 0.717) is 65.7 Å². The van der Waals surface area contributed by atoms with Crippen molar-refractivity contribution in [2.24, 2.45) is 0 Å². The third-order valence-corrected chi connectivity index (χ3v) is 6.15. The molecule has 0 atom stereocenters. The molecule has 34 heavy (non-hydrogen) atoms. The molecule has 2 aromatic carbocycles. The highest BCUT2D eigenvalue weighted by Crippen LogP contribution is 2.28. The van der Waals surface area contributed by atoms with Crippen LogP contribution in [0, 0.1) is 0 Å². The van der Waals surface area contributed by atoms with E-state index in [0.717, 1.165) is 5.56 Å². The predicted molar refractivity (Wildman–Crippen MR) is 130 cm³/mol. The normalized spacial score (nSPS) is 12.7. The second kappa shape index (κ2) is 10.1. The van der Waals surface area contributed by atoms with Gasteiger partial charge in [0.25, 0.3) is 11.5 Å². The molecule has 0 radical (unpaired) electrons. The fraction of sp³-hybridized carbons (Fsp3) is 0.269. The molecule has 1 aliphatic carbocycles. The molecule has 0 saturated carbocycles. The van der Waals surface area contributed by atoms with Crippen molar-refractivity contribution in [2.75, 3.05) is 20.8 Å². The van der Waals surface area contributed by atoms with Crippen molar-refractivity contribution >= 4 is 23.3 Å². The van der Waals surface area contributed by atoms with E-state index in [2.05, 4.69) is 5.32 Å². The second-order valence-corrected chi connectivity index (χ2v) is 8.44. The van der Waals surface area contributed by atoms with Crippen molar-refractivity contribution < 1.29 is 19.1 Å². The van der Waals surface area contributed by atoms with Crippen LogP contribution >= 0.6 is 11.6 Å². The fourth-order valence-electron chi connectivity index (χ4n) is 4.17. The number of pyridine rings is 1. The quantitative estimate of drug-likeness (QED) is 0.552. The van der Waals surface area contributed by atoms with Crippen LogP contribution in [0.15, 0.2) is 53.3 Å². The summed E-state index contributed by atoms with van der Waals surface area (Å²) in [6, 6.07) is 13.7. The summed E-state index contributed by atoms with van der Waals surface area (Å²) < 4.78 is 12.0. The minimum atomic E-state index is -0.519. The van der Waals surface area contributed by atoms with Gasteiger partial charge in [-0.1, -0.05) is 17.7 Å². The SMILES string of the molecule is COc1ccc(CCNC(=O)c2cc3c(n(-c4ccc(Cl)cc4)c2=O)CCCC3=O)cc1OC. The summed E-state index contributed by atoms with van der Waals surface area (Å²) in [4.78, 5) is 39.0. The van der Waals surface area contributed by atoms with Crippen molar-refractivity contribution in [1.82, 2.24) is 9.88 Å². The molecule has 1 amide bonds. The first kappa shape index (κ1) is 23.6. The molecule has 7 nitrogen and oxygen atoms in total. The first-order valence-corrected chi connectivity index (χ1v) is 11.4. The largest absolute Gasteiger partial charge is 0.493 e. The molecular weight excluding hydrogens is 456 g/mol. The summed E-state index contributed by atoms with van der Waals surface area (Å²) in [6.07, 6.45) is 2.17. The fourth-order valence-corrected chi connectivity index (χ4v) is 4.30. The van der Waals surface area contributed by atoms with Gasteiger partial charge in [-0.05, 0) is 67.3 Å². The molecule has 0 aliphatic heterocycles. The Morgan fingerprint density at radius 2 is 1.74 bits per heavy atom. The molecule has 0 spiro atoms. The summed E-state index contributed by atoms with van der Waals surface area (Å²) >= 11 is 6.01. The van der Waals surface area contributed by atoms with E-state index in [9.17, 15) is 14.4 Å². The van der Waals surface area contributed by atoms with E-state index in [-0.39, 0.29) is 11.3 Å². The number of nitrogens with zero attached hydrogens (tertiary/aromatic N) is 1. The number of fused-ring (bicyclic) bond motifs is 1. The van der Waals surface area contributed by atoms with Crippen LogP contribution in [0.3, 0.4) is 0 Å². The van der Waals surface area contributed by atoms with Gasteiger partial charge >= 0.3 is 0 Å². The van der Waals surface area contributed by atoms with Gasteiger partial charge in [0.2, 0.25) is 0 Å². The maximum atomic E-state index is 13.4. The van der Waals surface area contributed by atoms with Crippen LogP contribution in [0.1, 0.15) is 44.8 Å². The first-order valence-electron chi connectivity index (χ1n) is 11.0. The van der Waals surface area contributed by atoms with Crippen LogP contribution < -0.4 is 20.3 Å². The monoisotopic (exact) mass is 480 g/mol. The summed E-state index contributed by atoms with van der Waals surface area (Å²) in [5.41, 5.74) is 2.05. The number of rotatable bonds is 7. The van der Waals surface area contributed by atoms with Crippen molar-refractivity contribution in [3.8, 4) is 17.2 Å². The van der Waals surface area contributed by atoms with Gasteiger partial charge in [0.05, 0.1) is 14.2 Å². The molecule has 3 aromatic rings. The average Bonchev–Trinajstić information content (AvgIpc) is 2.84. The number of nitrogens with one attached hydrogen (secondary N) is 1. The molecule has 4 rings (SSSR count). The maximum Gasteiger partial charge on any atom is 0.268 e. The third kappa shape index (κ3) is 4.70. The second-order valence-electron chi connectivity index (χ2n) is 8.01. The molecule has 0 fully saturated rings. The Balaban J connectivity index is 1.61. The van der Waals surface area contributed by atoms with Gasteiger partial charge in [0.1, 0.15) is 5.56 Å². The number of hydrogen-bond acceptors (Lipinski definition) is 5. The highest BCUT2D eigenvalue weighted by Gasteiger charge is 2.26. The smallest absolute Gasteiger partial charge is 0.268 e. The maximum absolute atomic E-state index is 13.4. The van der Waals surface area contributed by atoms with Crippen LogP contribution in [0.25, 0.3) is 5.69 Å². The Hall–Kier alpha value is -3.58. The number of aromatic nitrogens is 1. The van der Waals surface area contributed by atoms with Gasteiger partial charge in [-0.2, -0.15) is 0 Å². The molecule has 1 aromatic heterocycles. The Kier molecular flexibility index (Phi) is 7.03. The predicted octanol–water partition coefficient (Wildman–Crippen LogP) is 4.00. The van der Waals surface area contributed by atoms with Crippen LogP contribution in [0.5, 0.6) is 11.5 Å². The summed E-state index contributed by atoms with van der Waals surface area (Å²) in [5.74, 6) is 0.639. The number of amides is 1. The molecule has 176 valence electrons. The number of ether oxygens (including phenoxy) is 2. The summed E-state index contributed by atoms with van der Waals surface area (Å²) in [6.45, 7) is 0.305. The number of hydrogen-bond donors (Lipinski definition) is 1. The Labute approximate surface area is 202 Å². The average molecular weight is 481 g/mol. The van der Waals surface area contributed by atoms with Crippen LogP contribution in [-0.2, 0) is 12.8 Å². The van der Waals surface area contributed by atoms with Gasteiger partial charge in [-0.25, -0.2) is 0 Å². The number of benzene rings is 2. The molecule has 1 aliphatic rings. The Morgan fingerprint density at radius 3 is 2.44 bits per heavy atom. The standard InChI is InChI=1S/C26H25ClN2O5/c1-33-23-11-6-16(14-24(23)34-2)12-13-28-25(31)20-15-19-21(4-3-5-22(19)30)29(26(20)32)18-9-7-17(27)8-10-18/h6-11,14-15H,3-5,12-13H2,1-2H3,(H,28,31). The van der Waals surface area contributed by atoms with E-state index in [1.165, 1.54) is 10.6 Å². The minimum Gasteiger partial charge on any atom is -0.493 e. The number of carbonyl (C=O) groups excluding carboxylic acids is 2. The van der Waals surface area contributed by atoms with E-state index in [1.807, 2.05) is 12.1 Å². The minimum absolute atomic E-state index is 0.0590. The van der Waals surface area contributed by atoms with E-state index in [4.69, 9.17) is 21.1 Å². The number of Topliss-reactive ketones (excluding diaryl/α,β-unsaturated/α-hetero) is 1. The number of carbonyl (C=O) groups is 2. The molecule has 1 heterocycles.